The summed E-state index contributed by atoms with van der Waals surface area (Å²) >= 11 is 1.59. The molecule has 3 aromatic heterocycles. The third-order valence-corrected chi connectivity index (χ3v) is 4.97. The van der Waals surface area contributed by atoms with Gasteiger partial charge in [-0.05, 0) is 24.3 Å². The number of hydrogen-bond donors (Lipinski definition) is 0. The monoisotopic (exact) mass is 343 g/mol. The molecule has 0 spiro atoms. The highest BCUT2D eigenvalue weighted by Crippen LogP contribution is 2.24. The van der Waals surface area contributed by atoms with Crippen LogP contribution >= 0.6 is 11.3 Å². The van der Waals surface area contributed by atoms with Crippen LogP contribution in [0, 0.1) is 0 Å². The van der Waals surface area contributed by atoms with E-state index in [1.807, 2.05) is 17.0 Å². The summed E-state index contributed by atoms with van der Waals surface area (Å²) < 4.78 is 10.6. The Morgan fingerprint density at radius 3 is 2.62 bits per heavy atom. The van der Waals surface area contributed by atoms with Crippen molar-refractivity contribution in [3.63, 3.8) is 0 Å². The minimum absolute atomic E-state index is 0.0339. The predicted molar refractivity (Wildman–Crippen MR) is 89.7 cm³/mol. The van der Waals surface area contributed by atoms with E-state index in [9.17, 15) is 4.79 Å². The standard InChI is InChI=1S/C17H17N3O3S/c21-17(15-4-2-10-23-15)20-7-5-19(6-8-20)11-13-12-24-16(18-13)14-3-1-9-22-14/h1-4,9-10,12H,5-8,11H2. The third kappa shape index (κ3) is 3.13. The molecule has 1 amide bonds. The molecule has 0 aliphatic carbocycles. The van der Waals surface area contributed by atoms with Gasteiger partial charge in [0.05, 0.1) is 18.2 Å². The van der Waals surface area contributed by atoms with Crippen molar-refractivity contribution in [2.45, 2.75) is 6.54 Å². The molecule has 0 N–H and O–H groups in total. The van der Waals surface area contributed by atoms with Crippen molar-refractivity contribution in [3.05, 3.63) is 53.6 Å². The number of thiazole rings is 1. The normalized spacial score (nSPS) is 15.8. The van der Waals surface area contributed by atoms with E-state index < -0.39 is 0 Å². The van der Waals surface area contributed by atoms with Crippen molar-refractivity contribution in [3.8, 4) is 10.8 Å². The van der Waals surface area contributed by atoms with Crippen LogP contribution < -0.4 is 0 Å². The van der Waals surface area contributed by atoms with Crippen molar-refractivity contribution >= 4 is 17.2 Å². The van der Waals surface area contributed by atoms with Gasteiger partial charge in [0.25, 0.3) is 5.91 Å². The van der Waals surface area contributed by atoms with E-state index in [1.165, 1.54) is 6.26 Å². The lowest BCUT2D eigenvalue weighted by Crippen LogP contribution is -2.48. The number of nitrogens with zero attached hydrogens (tertiary/aromatic N) is 3. The van der Waals surface area contributed by atoms with Crippen LogP contribution in [0.15, 0.2) is 51.0 Å². The molecule has 1 saturated heterocycles. The molecule has 4 rings (SSSR count). The Kier molecular flexibility index (Phi) is 4.18. The molecule has 0 saturated carbocycles. The number of hydrogen-bond acceptors (Lipinski definition) is 6. The second kappa shape index (κ2) is 6.62. The zero-order chi connectivity index (χ0) is 16.4. The topological polar surface area (TPSA) is 62.7 Å². The Hall–Kier alpha value is -2.38. The molecule has 0 aromatic carbocycles. The van der Waals surface area contributed by atoms with Gasteiger partial charge in [-0.25, -0.2) is 4.98 Å². The first kappa shape index (κ1) is 15.2. The van der Waals surface area contributed by atoms with Crippen LogP contribution in [0.1, 0.15) is 16.2 Å². The number of carbonyl (C=O) groups excluding carboxylic acids is 1. The largest absolute Gasteiger partial charge is 0.462 e. The molecule has 124 valence electrons. The number of aromatic nitrogens is 1. The van der Waals surface area contributed by atoms with Crippen molar-refractivity contribution in [1.29, 1.82) is 0 Å². The highest BCUT2D eigenvalue weighted by Gasteiger charge is 2.24. The first-order valence-corrected chi connectivity index (χ1v) is 8.71. The van der Waals surface area contributed by atoms with Crippen molar-refractivity contribution in [1.82, 2.24) is 14.8 Å². The predicted octanol–water partition coefficient (Wildman–Crippen LogP) is 2.95. The maximum atomic E-state index is 12.3. The Labute approximate surface area is 143 Å². The molecule has 4 heterocycles. The smallest absolute Gasteiger partial charge is 0.289 e. The quantitative estimate of drug-likeness (QED) is 0.729. The van der Waals surface area contributed by atoms with Gasteiger partial charge in [-0.15, -0.1) is 11.3 Å². The van der Waals surface area contributed by atoms with E-state index in [-0.39, 0.29) is 5.91 Å². The van der Waals surface area contributed by atoms with Crippen LogP contribution in [0.3, 0.4) is 0 Å². The Morgan fingerprint density at radius 2 is 1.92 bits per heavy atom. The van der Waals surface area contributed by atoms with Crippen LogP contribution in [0.2, 0.25) is 0 Å². The van der Waals surface area contributed by atoms with Crippen LogP contribution in [-0.4, -0.2) is 46.9 Å². The fourth-order valence-corrected chi connectivity index (χ4v) is 3.56. The van der Waals surface area contributed by atoms with Gasteiger partial charge >= 0.3 is 0 Å². The summed E-state index contributed by atoms with van der Waals surface area (Å²) in [4.78, 5) is 21.0. The molecule has 1 aliphatic heterocycles. The average Bonchev–Trinajstić information content (AvgIpc) is 3.36. The van der Waals surface area contributed by atoms with Gasteiger partial charge in [0.1, 0.15) is 0 Å². The zero-order valence-electron chi connectivity index (χ0n) is 13.1. The van der Waals surface area contributed by atoms with Gasteiger partial charge in [-0.3, -0.25) is 9.69 Å². The maximum absolute atomic E-state index is 12.3. The summed E-state index contributed by atoms with van der Waals surface area (Å²) in [7, 11) is 0. The van der Waals surface area contributed by atoms with E-state index in [2.05, 4.69) is 15.3 Å². The minimum atomic E-state index is -0.0339. The summed E-state index contributed by atoms with van der Waals surface area (Å²) in [5, 5.41) is 2.97. The highest BCUT2D eigenvalue weighted by atomic mass is 32.1. The van der Waals surface area contributed by atoms with Gasteiger partial charge in [0, 0.05) is 38.1 Å². The summed E-state index contributed by atoms with van der Waals surface area (Å²) in [5.41, 5.74) is 1.04. The van der Waals surface area contributed by atoms with Crippen LogP contribution in [0.4, 0.5) is 0 Å². The molecule has 6 nitrogen and oxygen atoms in total. The lowest BCUT2D eigenvalue weighted by Gasteiger charge is -2.33. The molecule has 1 aliphatic rings. The molecule has 0 bridgehead atoms. The lowest BCUT2D eigenvalue weighted by molar-refractivity contribution is 0.0596. The molecule has 24 heavy (non-hydrogen) atoms. The van der Waals surface area contributed by atoms with E-state index in [1.54, 1.807) is 29.7 Å². The highest BCUT2D eigenvalue weighted by molar-refractivity contribution is 7.13. The summed E-state index contributed by atoms with van der Waals surface area (Å²) in [6.07, 6.45) is 3.19. The number of amides is 1. The SMILES string of the molecule is O=C(c1ccco1)N1CCN(Cc2csc(-c3ccco3)n2)CC1. The zero-order valence-corrected chi connectivity index (χ0v) is 13.9. The minimum Gasteiger partial charge on any atom is -0.462 e. The molecular weight excluding hydrogens is 326 g/mol. The molecule has 0 unspecified atom stereocenters. The molecule has 7 heteroatoms. The van der Waals surface area contributed by atoms with Crippen molar-refractivity contribution in [2.24, 2.45) is 0 Å². The molecule has 1 fully saturated rings. The fraction of sp³-hybridized carbons (Fsp3) is 0.294. The summed E-state index contributed by atoms with van der Waals surface area (Å²) in [5.74, 6) is 1.18. The fourth-order valence-electron chi connectivity index (χ4n) is 2.79. The van der Waals surface area contributed by atoms with Gasteiger partial charge in [-0.1, -0.05) is 0 Å². The van der Waals surface area contributed by atoms with Crippen LogP contribution in [0.5, 0.6) is 0 Å². The summed E-state index contributed by atoms with van der Waals surface area (Å²) in [6, 6.07) is 7.23. The van der Waals surface area contributed by atoms with Gasteiger partial charge in [0.2, 0.25) is 0 Å². The number of rotatable bonds is 4. The Morgan fingerprint density at radius 1 is 1.12 bits per heavy atom. The third-order valence-electron chi connectivity index (χ3n) is 4.06. The van der Waals surface area contributed by atoms with E-state index >= 15 is 0 Å². The summed E-state index contributed by atoms with van der Waals surface area (Å²) in [6.45, 7) is 3.86. The maximum Gasteiger partial charge on any atom is 0.289 e. The van der Waals surface area contributed by atoms with Crippen LogP contribution in [0.25, 0.3) is 10.8 Å². The van der Waals surface area contributed by atoms with Crippen molar-refractivity contribution in [2.75, 3.05) is 26.2 Å². The first-order valence-electron chi connectivity index (χ1n) is 7.83. The van der Waals surface area contributed by atoms with Gasteiger partial charge in [0.15, 0.2) is 16.5 Å². The Bertz CT molecular complexity index is 787. The van der Waals surface area contributed by atoms with Gasteiger partial charge in [-0.2, -0.15) is 0 Å². The number of carbonyl (C=O) groups is 1. The number of furan rings is 2. The van der Waals surface area contributed by atoms with E-state index in [0.29, 0.717) is 18.8 Å². The first-order chi connectivity index (χ1) is 11.8. The number of piperazine rings is 1. The van der Waals surface area contributed by atoms with Crippen LogP contribution in [-0.2, 0) is 6.54 Å². The van der Waals surface area contributed by atoms with E-state index in [0.717, 1.165) is 36.1 Å². The van der Waals surface area contributed by atoms with E-state index in [4.69, 9.17) is 8.83 Å². The second-order valence-corrected chi connectivity index (χ2v) is 6.53. The molecule has 3 aromatic rings. The second-order valence-electron chi connectivity index (χ2n) is 5.67. The van der Waals surface area contributed by atoms with Crippen molar-refractivity contribution < 1.29 is 13.6 Å². The molecule has 0 radical (unpaired) electrons. The average molecular weight is 343 g/mol. The molecular formula is C17H17N3O3S. The van der Waals surface area contributed by atoms with Gasteiger partial charge < -0.3 is 13.7 Å². The molecule has 0 atom stereocenters. The lowest BCUT2D eigenvalue weighted by atomic mass is 10.2. The Balaban J connectivity index is 1.33.